The van der Waals surface area contributed by atoms with E-state index < -0.39 is 0 Å². The predicted molar refractivity (Wildman–Crippen MR) is 95.1 cm³/mol. The number of hydrogen-bond acceptors (Lipinski definition) is 4. The third-order valence-electron chi connectivity index (χ3n) is 3.13. The first kappa shape index (κ1) is 17.4. The molecular formula is C16H17ClN4OS. The second kappa shape index (κ2) is 8.04. The molecule has 2 heterocycles. The van der Waals surface area contributed by atoms with E-state index in [1.807, 2.05) is 19.9 Å². The molecule has 0 saturated heterocycles. The van der Waals surface area contributed by atoms with Gasteiger partial charge < -0.3 is 0 Å². The highest BCUT2D eigenvalue weighted by Crippen LogP contribution is 2.27. The van der Waals surface area contributed by atoms with E-state index in [9.17, 15) is 4.79 Å². The topological polar surface area (TPSA) is 51.0 Å². The minimum Gasteiger partial charge on any atom is -0.295 e. The Kier molecular flexibility index (Phi) is 6.08. The molecule has 2 aromatic rings. The molecule has 5 nitrogen and oxygen atoms in total. The number of terminal acetylenes is 1. The summed E-state index contributed by atoms with van der Waals surface area (Å²) in [6.45, 7) is 4.01. The first-order valence-corrected chi connectivity index (χ1v) is 8.53. The number of nitrogens with zero attached hydrogens (tertiary/aromatic N) is 4. The van der Waals surface area contributed by atoms with Gasteiger partial charge in [0, 0.05) is 6.20 Å². The summed E-state index contributed by atoms with van der Waals surface area (Å²) >= 11 is 7.79. The van der Waals surface area contributed by atoms with E-state index >= 15 is 0 Å². The molecule has 0 fully saturated rings. The molecule has 0 spiro atoms. The number of thioether (sulfide) groups is 1. The van der Waals surface area contributed by atoms with Gasteiger partial charge in [0.05, 0.1) is 29.9 Å². The van der Waals surface area contributed by atoms with Crippen molar-refractivity contribution in [3.8, 4) is 18.0 Å². The molecule has 0 saturated carbocycles. The molecule has 1 amide bonds. The van der Waals surface area contributed by atoms with Crippen molar-refractivity contribution in [3.05, 3.63) is 35.9 Å². The molecule has 23 heavy (non-hydrogen) atoms. The molecular weight excluding hydrogens is 332 g/mol. The lowest BCUT2D eigenvalue weighted by molar-refractivity contribution is -0.117. The van der Waals surface area contributed by atoms with Crippen LogP contribution >= 0.6 is 23.4 Å². The van der Waals surface area contributed by atoms with Gasteiger partial charge in [0.15, 0.2) is 5.15 Å². The van der Waals surface area contributed by atoms with Crippen molar-refractivity contribution in [1.82, 2.24) is 14.8 Å². The number of carbonyl (C=O) groups excluding carboxylic acids is 1. The summed E-state index contributed by atoms with van der Waals surface area (Å²) in [5, 5.41) is 4.27. The van der Waals surface area contributed by atoms with Crippen LogP contribution < -0.4 is 4.90 Å². The highest BCUT2D eigenvalue weighted by atomic mass is 35.5. The Morgan fingerprint density at radius 1 is 1.61 bits per heavy atom. The minimum atomic E-state index is -0.203. The third-order valence-corrected chi connectivity index (χ3v) is 4.44. The van der Waals surface area contributed by atoms with Crippen molar-refractivity contribution >= 4 is 35.0 Å². The van der Waals surface area contributed by atoms with Crippen molar-refractivity contribution in [1.29, 1.82) is 0 Å². The molecule has 0 bridgehead atoms. The average Bonchev–Trinajstić information content (AvgIpc) is 2.94. The zero-order valence-electron chi connectivity index (χ0n) is 12.9. The number of pyridine rings is 1. The van der Waals surface area contributed by atoms with E-state index in [4.69, 9.17) is 18.0 Å². The number of aromatic nitrogens is 3. The lowest BCUT2D eigenvalue weighted by Crippen LogP contribution is -2.37. The van der Waals surface area contributed by atoms with Crippen LogP contribution in [-0.4, -0.2) is 38.2 Å². The fourth-order valence-electron chi connectivity index (χ4n) is 2.06. The van der Waals surface area contributed by atoms with E-state index in [1.54, 1.807) is 41.1 Å². The Balaban J connectivity index is 2.35. The van der Waals surface area contributed by atoms with E-state index in [0.717, 1.165) is 11.4 Å². The summed E-state index contributed by atoms with van der Waals surface area (Å²) in [7, 11) is 0. The van der Waals surface area contributed by atoms with Gasteiger partial charge in [-0.15, -0.1) is 18.2 Å². The quantitative estimate of drug-likeness (QED) is 0.753. The highest BCUT2D eigenvalue weighted by Gasteiger charge is 2.25. The molecule has 1 unspecified atom stereocenters. The van der Waals surface area contributed by atoms with Gasteiger partial charge in [-0.3, -0.25) is 14.7 Å². The van der Waals surface area contributed by atoms with Crippen LogP contribution in [0.5, 0.6) is 0 Å². The van der Waals surface area contributed by atoms with Crippen molar-refractivity contribution in [2.24, 2.45) is 0 Å². The second-order valence-corrected chi connectivity index (χ2v) is 6.66. The van der Waals surface area contributed by atoms with Crippen LogP contribution in [0.4, 0.5) is 5.69 Å². The maximum Gasteiger partial charge on any atom is 0.240 e. The van der Waals surface area contributed by atoms with E-state index in [2.05, 4.69) is 16.0 Å². The summed E-state index contributed by atoms with van der Waals surface area (Å²) in [6, 6.07) is 3.65. The number of halogens is 1. The molecule has 0 aliphatic carbocycles. The monoisotopic (exact) mass is 348 g/mol. The third kappa shape index (κ3) is 4.06. The Bertz CT molecular complexity index is 711. The van der Waals surface area contributed by atoms with Gasteiger partial charge in [-0.25, -0.2) is 4.68 Å². The molecule has 2 rings (SSSR count). The van der Waals surface area contributed by atoms with Crippen molar-refractivity contribution in [3.63, 3.8) is 0 Å². The molecule has 120 valence electrons. The highest BCUT2D eigenvalue weighted by molar-refractivity contribution is 8.00. The van der Waals surface area contributed by atoms with Crippen molar-refractivity contribution in [2.45, 2.75) is 19.1 Å². The smallest absolute Gasteiger partial charge is 0.240 e. The van der Waals surface area contributed by atoms with Gasteiger partial charge in [0.2, 0.25) is 5.91 Å². The van der Waals surface area contributed by atoms with Gasteiger partial charge >= 0.3 is 0 Å². The van der Waals surface area contributed by atoms with Crippen LogP contribution in [0, 0.1) is 12.3 Å². The molecule has 0 aliphatic rings. The van der Waals surface area contributed by atoms with Gasteiger partial charge in [-0.2, -0.15) is 5.10 Å². The van der Waals surface area contributed by atoms with Crippen LogP contribution in [0.25, 0.3) is 5.69 Å². The van der Waals surface area contributed by atoms with Gasteiger partial charge in [0.1, 0.15) is 5.69 Å². The predicted octanol–water partition coefficient (Wildman–Crippen LogP) is 3.03. The van der Waals surface area contributed by atoms with Gasteiger partial charge in [-0.05, 0) is 24.8 Å². The van der Waals surface area contributed by atoms with Crippen LogP contribution in [0.2, 0.25) is 5.15 Å². The number of amides is 1. The fraction of sp³-hybridized carbons (Fsp3) is 0.312. The first-order valence-electron chi connectivity index (χ1n) is 7.10. The SMILES string of the molecule is C#CCN(C(=O)C(C)SCC)c1cn(-c2cccnc2)nc1Cl. The number of anilines is 1. The maximum atomic E-state index is 12.6. The van der Waals surface area contributed by atoms with Gasteiger partial charge in [-0.1, -0.05) is 24.4 Å². The standard InChI is InChI=1S/C16H17ClN4OS/c1-4-9-20(16(22)12(3)23-5-2)14-11-21(19-15(14)17)13-7-6-8-18-10-13/h1,6-8,10-12H,5,9H2,2-3H3. The van der Waals surface area contributed by atoms with Crippen molar-refractivity contribution < 1.29 is 4.79 Å². The summed E-state index contributed by atoms with van der Waals surface area (Å²) in [5.41, 5.74) is 1.26. The first-order chi connectivity index (χ1) is 11.1. The molecule has 0 radical (unpaired) electrons. The Hall–Kier alpha value is -1.97. The number of rotatable bonds is 6. The molecule has 1 atom stereocenters. The lowest BCUT2D eigenvalue weighted by Gasteiger charge is -2.22. The van der Waals surface area contributed by atoms with E-state index in [0.29, 0.717) is 5.69 Å². The molecule has 0 N–H and O–H groups in total. The number of hydrogen-bond donors (Lipinski definition) is 0. The Labute approximate surface area is 145 Å². The van der Waals surface area contributed by atoms with Crippen LogP contribution in [0.15, 0.2) is 30.7 Å². The molecule has 0 aliphatic heterocycles. The number of carbonyl (C=O) groups is 1. The van der Waals surface area contributed by atoms with Crippen molar-refractivity contribution in [2.75, 3.05) is 17.2 Å². The summed E-state index contributed by atoms with van der Waals surface area (Å²) in [6.07, 6.45) is 10.4. The Morgan fingerprint density at radius 2 is 2.39 bits per heavy atom. The van der Waals surface area contributed by atoms with E-state index in [1.165, 1.54) is 4.90 Å². The van der Waals surface area contributed by atoms with Gasteiger partial charge in [0.25, 0.3) is 0 Å². The lowest BCUT2D eigenvalue weighted by atomic mass is 10.3. The van der Waals surface area contributed by atoms with Crippen LogP contribution in [0.1, 0.15) is 13.8 Å². The molecule has 0 aromatic carbocycles. The van der Waals surface area contributed by atoms with Crippen LogP contribution in [-0.2, 0) is 4.79 Å². The minimum absolute atomic E-state index is 0.0811. The summed E-state index contributed by atoms with van der Waals surface area (Å²) in [5.74, 6) is 3.27. The average molecular weight is 349 g/mol. The second-order valence-electron chi connectivity index (χ2n) is 4.69. The molecule has 7 heteroatoms. The Morgan fingerprint density at radius 3 is 3.00 bits per heavy atom. The zero-order chi connectivity index (χ0) is 16.8. The maximum absolute atomic E-state index is 12.6. The molecule has 2 aromatic heterocycles. The zero-order valence-corrected chi connectivity index (χ0v) is 14.5. The van der Waals surface area contributed by atoms with Crippen LogP contribution in [0.3, 0.4) is 0 Å². The fourth-order valence-corrected chi connectivity index (χ4v) is 3.06. The van der Waals surface area contributed by atoms with E-state index in [-0.39, 0.29) is 22.9 Å². The summed E-state index contributed by atoms with van der Waals surface area (Å²) in [4.78, 5) is 18.2. The largest absolute Gasteiger partial charge is 0.295 e. The normalized spacial score (nSPS) is 11.7. The summed E-state index contributed by atoms with van der Waals surface area (Å²) < 4.78 is 1.58.